The average molecular weight is 217 g/mol. The number of amides is 1. The molecule has 2 nitrogen and oxygen atoms in total. The third-order valence-electron chi connectivity index (χ3n) is 3.45. The molecule has 86 valence electrons. The zero-order chi connectivity index (χ0) is 11.4. The van der Waals surface area contributed by atoms with E-state index < -0.39 is 0 Å². The molecular formula is C14H19NO. The van der Waals surface area contributed by atoms with E-state index in [9.17, 15) is 4.79 Å². The molecular weight excluding hydrogens is 198 g/mol. The molecule has 0 saturated heterocycles. The number of rotatable bonds is 1. The fourth-order valence-electron chi connectivity index (χ4n) is 2.36. The number of aliphatic imine (C=N–C) groups is 1. The molecule has 2 aliphatic rings. The Bertz CT molecular complexity index is 357. The van der Waals surface area contributed by atoms with Crippen LogP contribution in [0.15, 0.2) is 28.8 Å². The van der Waals surface area contributed by atoms with Gasteiger partial charge >= 0.3 is 0 Å². The molecule has 0 unspecified atom stereocenters. The van der Waals surface area contributed by atoms with Gasteiger partial charge in [-0.2, -0.15) is 0 Å². The number of allylic oxidation sites excluding steroid dienone is 4. The summed E-state index contributed by atoms with van der Waals surface area (Å²) in [6, 6.07) is 0. The first-order valence-corrected chi connectivity index (χ1v) is 6.22. The van der Waals surface area contributed by atoms with Gasteiger partial charge in [-0.05, 0) is 25.3 Å². The van der Waals surface area contributed by atoms with Crippen LogP contribution < -0.4 is 0 Å². The van der Waals surface area contributed by atoms with E-state index >= 15 is 0 Å². The maximum atomic E-state index is 12.0. The van der Waals surface area contributed by atoms with Gasteiger partial charge in [-0.25, -0.2) is 4.99 Å². The summed E-state index contributed by atoms with van der Waals surface area (Å²) in [5.74, 6) is 0.303. The molecule has 2 heteroatoms. The Kier molecular flexibility index (Phi) is 3.70. The van der Waals surface area contributed by atoms with E-state index in [-0.39, 0.29) is 11.8 Å². The highest BCUT2D eigenvalue weighted by Crippen LogP contribution is 2.25. The first kappa shape index (κ1) is 11.3. The second-order valence-electron chi connectivity index (χ2n) is 4.71. The van der Waals surface area contributed by atoms with E-state index in [1.165, 1.54) is 19.3 Å². The molecule has 0 aromatic carbocycles. The lowest BCUT2D eigenvalue weighted by Gasteiger charge is -2.18. The standard InChI is InChI=1S/C14H19NO/c1-11-7-5-6-10-13(11)15-14(16)12-8-3-2-4-9-12/h5-7,12H,2-4,8-10H2,1H3. The van der Waals surface area contributed by atoms with Crippen molar-refractivity contribution in [2.45, 2.75) is 45.4 Å². The summed E-state index contributed by atoms with van der Waals surface area (Å²) >= 11 is 0. The van der Waals surface area contributed by atoms with Crippen molar-refractivity contribution in [2.75, 3.05) is 0 Å². The minimum absolute atomic E-state index is 0.109. The quantitative estimate of drug-likeness (QED) is 0.661. The number of nitrogens with zero attached hydrogens (tertiary/aromatic N) is 1. The van der Waals surface area contributed by atoms with Crippen LogP contribution in [0.25, 0.3) is 0 Å². The van der Waals surface area contributed by atoms with Gasteiger partial charge in [0.25, 0.3) is 0 Å². The fraction of sp³-hybridized carbons (Fsp3) is 0.571. The van der Waals surface area contributed by atoms with E-state index in [1.54, 1.807) is 0 Å². The van der Waals surface area contributed by atoms with Crippen LogP contribution in [0.3, 0.4) is 0 Å². The Labute approximate surface area is 97.1 Å². The van der Waals surface area contributed by atoms with Crippen molar-refractivity contribution in [1.29, 1.82) is 0 Å². The third-order valence-corrected chi connectivity index (χ3v) is 3.45. The zero-order valence-corrected chi connectivity index (χ0v) is 9.91. The largest absolute Gasteiger partial charge is 0.272 e. The molecule has 0 radical (unpaired) electrons. The Balaban J connectivity index is 2.02. The molecule has 0 aromatic heterocycles. The molecule has 0 bridgehead atoms. The second-order valence-corrected chi connectivity index (χ2v) is 4.71. The Morgan fingerprint density at radius 3 is 2.75 bits per heavy atom. The maximum Gasteiger partial charge on any atom is 0.249 e. The van der Waals surface area contributed by atoms with Gasteiger partial charge < -0.3 is 0 Å². The van der Waals surface area contributed by atoms with E-state index in [4.69, 9.17) is 0 Å². The van der Waals surface area contributed by atoms with Crippen LogP contribution in [0, 0.1) is 5.92 Å². The van der Waals surface area contributed by atoms with Crippen molar-refractivity contribution in [2.24, 2.45) is 10.9 Å². The van der Waals surface area contributed by atoms with Crippen molar-refractivity contribution in [3.8, 4) is 0 Å². The van der Waals surface area contributed by atoms with Crippen LogP contribution in [0.4, 0.5) is 0 Å². The molecule has 0 heterocycles. The van der Waals surface area contributed by atoms with E-state index in [1.807, 2.05) is 19.1 Å². The van der Waals surface area contributed by atoms with Crippen LogP contribution >= 0.6 is 0 Å². The van der Waals surface area contributed by atoms with Crippen LogP contribution in [0.2, 0.25) is 0 Å². The third kappa shape index (κ3) is 2.69. The predicted molar refractivity (Wildman–Crippen MR) is 66.5 cm³/mol. The van der Waals surface area contributed by atoms with E-state index in [0.29, 0.717) is 0 Å². The lowest BCUT2D eigenvalue weighted by atomic mass is 9.88. The summed E-state index contributed by atoms with van der Waals surface area (Å²) < 4.78 is 0. The smallest absolute Gasteiger partial charge is 0.249 e. The summed E-state index contributed by atoms with van der Waals surface area (Å²) in [6.45, 7) is 2.02. The van der Waals surface area contributed by atoms with Gasteiger partial charge in [-0.1, -0.05) is 37.5 Å². The SMILES string of the molecule is CC1=CC=CCC1=NC(=O)C1CCCCC1. The second kappa shape index (κ2) is 5.24. The predicted octanol–water partition coefficient (Wildman–Crippen LogP) is 3.44. The molecule has 1 amide bonds. The molecule has 0 atom stereocenters. The topological polar surface area (TPSA) is 29.4 Å². The molecule has 2 rings (SSSR count). The minimum atomic E-state index is 0.109. The highest BCUT2D eigenvalue weighted by Gasteiger charge is 2.21. The molecule has 2 aliphatic carbocycles. The summed E-state index contributed by atoms with van der Waals surface area (Å²) in [5.41, 5.74) is 2.09. The maximum absolute atomic E-state index is 12.0. The minimum Gasteiger partial charge on any atom is -0.272 e. The van der Waals surface area contributed by atoms with Crippen LogP contribution in [-0.4, -0.2) is 11.6 Å². The number of hydrogen-bond acceptors (Lipinski definition) is 1. The van der Waals surface area contributed by atoms with Crippen molar-refractivity contribution < 1.29 is 4.79 Å². The normalized spacial score (nSPS) is 24.6. The fourth-order valence-corrected chi connectivity index (χ4v) is 2.36. The van der Waals surface area contributed by atoms with Gasteiger partial charge in [0, 0.05) is 12.3 Å². The highest BCUT2D eigenvalue weighted by atomic mass is 16.1. The van der Waals surface area contributed by atoms with Crippen LogP contribution in [0.5, 0.6) is 0 Å². The van der Waals surface area contributed by atoms with Crippen molar-refractivity contribution >= 4 is 11.6 Å². The zero-order valence-electron chi connectivity index (χ0n) is 9.91. The first-order chi connectivity index (χ1) is 7.77. The van der Waals surface area contributed by atoms with Gasteiger partial charge in [-0.15, -0.1) is 0 Å². The Hall–Kier alpha value is -1.18. The number of carbonyl (C=O) groups excluding carboxylic acids is 1. The lowest BCUT2D eigenvalue weighted by molar-refractivity contribution is -0.122. The van der Waals surface area contributed by atoms with E-state index in [0.717, 1.165) is 30.5 Å². The number of carbonyl (C=O) groups is 1. The summed E-state index contributed by atoms with van der Waals surface area (Å²) in [4.78, 5) is 16.3. The Morgan fingerprint density at radius 2 is 2.06 bits per heavy atom. The summed E-state index contributed by atoms with van der Waals surface area (Å²) in [6.07, 6.45) is 12.6. The van der Waals surface area contributed by atoms with Crippen molar-refractivity contribution in [3.63, 3.8) is 0 Å². The molecule has 16 heavy (non-hydrogen) atoms. The molecule has 0 aliphatic heterocycles. The first-order valence-electron chi connectivity index (χ1n) is 6.22. The molecule has 0 spiro atoms. The molecule has 1 saturated carbocycles. The molecule has 1 fully saturated rings. The van der Waals surface area contributed by atoms with Gasteiger partial charge in [0.1, 0.15) is 0 Å². The number of hydrogen-bond donors (Lipinski definition) is 0. The molecule has 0 N–H and O–H groups in total. The van der Waals surface area contributed by atoms with Crippen LogP contribution in [-0.2, 0) is 4.79 Å². The molecule has 0 aromatic rings. The lowest BCUT2D eigenvalue weighted by Crippen LogP contribution is -2.18. The van der Waals surface area contributed by atoms with Crippen molar-refractivity contribution in [1.82, 2.24) is 0 Å². The van der Waals surface area contributed by atoms with Crippen molar-refractivity contribution in [3.05, 3.63) is 23.8 Å². The summed E-state index contributed by atoms with van der Waals surface area (Å²) in [5, 5.41) is 0. The van der Waals surface area contributed by atoms with Crippen LogP contribution in [0.1, 0.15) is 45.4 Å². The van der Waals surface area contributed by atoms with E-state index in [2.05, 4.69) is 11.1 Å². The highest BCUT2D eigenvalue weighted by molar-refractivity contribution is 6.07. The van der Waals surface area contributed by atoms with Gasteiger partial charge in [0.05, 0.1) is 5.71 Å². The van der Waals surface area contributed by atoms with Gasteiger partial charge in [-0.3, -0.25) is 4.79 Å². The monoisotopic (exact) mass is 217 g/mol. The van der Waals surface area contributed by atoms with Gasteiger partial charge in [0.15, 0.2) is 0 Å². The summed E-state index contributed by atoms with van der Waals surface area (Å²) in [7, 11) is 0. The average Bonchev–Trinajstić information content (AvgIpc) is 2.33. The van der Waals surface area contributed by atoms with Gasteiger partial charge in [0.2, 0.25) is 5.91 Å². The Morgan fingerprint density at radius 1 is 1.31 bits per heavy atom.